The molecule has 5 aromatic rings. The van der Waals surface area contributed by atoms with Crippen LogP contribution in [0.5, 0.6) is 5.75 Å². The topological polar surface area (TPSA) is 97.4 Å². The van der Waals surface area contributed by atoms with Gasteiger partial charge in [0, 0.05) is 33.7 Å². The van der Waals surface area contributed by atoms with E-state index >= 15 is 0 Å². The highest BCUT2D eigenvalue weighted by Crippen LogP contribution is 2.32. The Morgan fingerprint density at radius 2 is 1.50 bits per heavy atom. The first kappa shape index (κ1) is 28.8. The van der Waals surface area contributed by atoms with Gasteiger partial charge in [0.25, 0.3) is 5.91 Å². The van der Waals surface area contributed by atoms with Crippen LogP contribution in [0.3, 0.4) is 0 Å². The number of benzene rings is 4. The zero-order valence-electron chi connectivity index (χ0n) is 23.8. The molecular formula is C34H33N3O4S. The second-order valence-corrected chi connectivity index (χ2v) is 12.0. The molecule has 5 rings (SSSR count). The van der Waals surface area contributed by atoms with E-state index in [0.29, 0.717) is 17.0 Å². The Labute approximate surface area is 246 Å². The molecule has 0 saturated heterocycles. The minimum Gasteiger partial charge on any atom is -0.494 e. The maximum atomic E-state index is 13.3. The van der Waals surface area contributed by atoms with Crippen LogP contribution in [0.2, 0.25) is 0 Å². The number of carbonyl (C=O) groups is 1. The summed E-state index contributed by atoms with van der Waals surface area (Å²) in [4.78, 5) is 17.6. The van der Waals surface area contributed by atoms with Crippen molar-refractivity contribution in [3.63, 3.8) is 0 Å². The third-order valence-electron chi connectivity index (χ3n) is 7.05. The van der Waals surface area contributed by atoms with Crippen LogP contribution in [-0.4, -0.2) is 26.4 Å². The average molecular weight is 580 g/mol. The van der Waals surface area contributed by atoms with Crippen LogP contribution < -0.4 is 15.4 Å². The number of hydrogen-bond donors (Lipinski definition) is 2. The number of nitrogens with one attached hydrogen (secondary N) is 2. The fraction of sp³-hybridized carbons (Fsp3) is 0.176. The first-order valence-corrected chi connectivity index (χ1v) is 15.3. The van der Waals surface area contributed by atoms with Crippen molar-refractivity contribution in [1.29, 1.82) is 0 Å². The van der Waals surface area contributed by atoms with Gasteiger partial charge in [0.15, 0.2) is 0 Å². The molecule has 4 aromatic carbocycles. The average Bonchev–Trinajstić information content (AvgIpc) is 3.00. The van der Waals surface area contributed by atoms with Crippen molar-refractivity contribution in [2.45, 2.75) is 42.9 Å². The standard InChI is InChI=1S/C34H33N3O4S/c1-4-5-7-24-10-12-25(13-11-24)34(38)37-27-16-20-29(21-17-27)42(39,40)28-18-14-26(15-19-28)36-31-22-23(2)35-33-30(31)8-6-9-32(33)41-3/h6,8-22H,4-5,7H2,1-3H3,(H,35,36)(H,37,38). The van der Waals surface area contributed by atoms with Crippen molar-refractivity contribution in [2.24, 2.45) is 0 Å². The summed E-state index contributed by atoms with van der Waals surface area (Å²) in [5.74, 6) is 0.439. The van der Waals surface area contributed by atoms with E-state index in [1.54, 1.807) is 43.5 Å². The fourth-order valence-corrected chi connectivity index (χ4v) is 6.01. The van der Waals surface area contributed by atoms with Gasteiger partial charge in [0.1, 0.15) is 11.3 Å². The number of fused-ring (bicyclic) bond motifs is 1. The molecule has 0 aliphatic heterocycles. The van der Waals surface area contributed by atoms with Crippen molar-refractivity contribution >= 4 is 43.7 Å². The molecule has 0 bridgehead atoms. The molecule has 1 amide bonds. The number of unbranched alkanes of at least 4 members (excludes halogenated alkanes) is 1. The normalized spacial score (nSPS) is 11.3. The van der Waals surface area contributed by atoms with Crippen LogP contribution in [0.25, 0.3) is 10.9 Å². The van der Waals surface area contributed by atoms with Gasteiger partial charge in [-0.2, -0.15) is 0 Å². The molecule has 214 valence electrons. The van der Waals surface area contributed by atoms with Crippen molar-refractivity contribution in [1.82, 2.24) is 4.98 Å². The minimum atomic E-state index is -3.76. The number of nitrogens with zero attached hydrogens (tertiary/aromatic N) is 1. The predicted molar refractivity (Wildman–Crippen MR) is 168 cm³/mol. The number of aromatic nitrogens is 1. The molecule has 0 unspecified atom stereocenters. The summed E-state index contributed by atoms with van der Waals surface area (Å²) in [6.45, 7) is 4.06. The molecule has 8 heteroatoms. The van der Waals surface area contributed by atoms with Gasteiger partial charge in [-0.15, -0.1) is 0 Å². The van der Waals surface area contributed by atoms with E-state index in [1.807, 2.05) is 55.5 Å². The summed E-state index contributed by atoms with van der Waals surface area (Å²) in [7, 11) is -2.14. The predicted octanol–water partition coefficient (Wildman–Crippen LogP) is 7.72. The quantitative estimate of drug-likeness (QED) is 0.176. The van der Waals surface area contributed by atoms with Gasteiger partial charge < -0.3 is 15.4 Å². The highest BCUT2D eigenvalue weighted by atomic mass is 32.2. The fourth-order valence-electron chi connectivity index (χ4n) is 4.75. The van der Waals surface area contributed by atoms with E-state index in [9.17, 15) is 13.2 Å². The third-order valence-corrected chi connectivity index (χ3v) is 8.84. The molecule has 0 spiro atoms. The van der Waals surface area contributed by atoms with Crippen LogP contribution in [-0.2, 0) is 16.3 Å². The third kappa shape index (κ3) is 6.29. The summed E-state index contributed by atoms with van der Waals surface area (Å²) in [5.41, 5.74) is 5.43. The zero-order chi connectivity index (χ0) is 29.7. The number of anilines is 3. The molecule has 0 atom stereocenters. The Morgan fingerprint density at radius 1 is 0.857 bits per heavy atom. The second kappa shape index (κ2) is 12.4. The van der Waals surface area contributed by atoms with E-state index in [1.165, 1.54) is 17.7 Å². The van der Waals surface area contributed by atoms with Crippen molar-refractivity contribution in [3.05, 3.63) is 114 Å². The van der Waals surface area contributed by atoms with Gasteiger partial charge in [-0.1, -0.05) is 37.6 Å². The van der Waals surface area contributed by atoms with Gasteiger partial charge in [-0.05, 0) is 98.1 Å². The minimum absolute atomic E-state index is 0.143. The van der Waals surface area contributed by atoms with Gasteiger partial charge in [-0.25, -0.2) is 13.4 Å². The number of para-hydroxylation sites is 1. The van der Waals surface area contributed by atoms with E-state index in [4.69, 9.17) is 4.74 Å². The molecular weight excluding hydrogens is 546 g/mol. The highest BCUT2D eigenvalue weighted by molar-refractivity contribution is 7.91. The number of rotatable bonds is 10. The lowest BCUT2D eigenvalue weighted by molar-refractivity contribution is 0.102. The van der Waals surface area contributed by atoms with Crippen molar-refractivity contribution in [2.75, 3.05) is 17.7 Å². The molecule has 0 fully saturated rings. The number of amides is 1. The molecule has 7 nitrogen and oxygen atoms in total. The van der Waals surface area contributed by atoms with Gasteiger partial charge in [-0.3, -0.25) is 4.79 Å². The number of aryl methyl sites for hydroxylation is 2. The maximum Gasteiger partial charge on any atom is 0.255 e. The summed E-state index contributed by atoms with van der Waals surface area (Å²) in [5, 5.41) is 7.11. The maximum absolute atomic E-state index is 13.3. The molecule has 0 aliphatic rings. The SMILES string of the molecule is CCCCc1ccc(C(=O)Nc2ccc(S(=O)(=O)c3ccc(Nc4cc(C)nc5c(OC)cccc45)cc3)cc2)cc1. The number of sulfone groups is 1. The first-order chi connectivity index (χ1) is 20.3. The first-order valence-electron chi connectivity index (χ1n) is 13.9. The molecule has 0 saturated carbocycles. The van der Waals surface area contributed by atoms with Crippen LogP contribution >= 0.6 is 0 Å². The molecule has 1 heterocycles. The van der Waals surface area contributed by atoms with E-state index in [2.05, 4.69) is 22.5 Å². The van der Waals surface area contributed by atoms with Gasteiger partial charge in [0.05, 0.1) is 16.9 Å². The van der Waals surface area contributed by atoms with E-state index < -0.39 is 9.84 Å². The largest absolute Gasteiger partial charge is 0.494 e. The van der Waals surface area contributed by atoms with E-state index in [-0.39, 0.29) is 15.7 Å². The number of ether oxygens (including phenoxy) is 1. The number of methoxy groups -OCH3 is 1. The van der Waals surface area contributed by atoms with E-state index in [0.717, 1.165) is 47.2 Å². The molecule has 0 radical (unpaired) electrons. The second-order valence-electron chi connectivity index (χ2n) is 10.1. The summed E-state index contributed by atoms with van der Waals surface area (Å²) >= 11 is 0. The smallest absolute Gasteiger partial charge is 0.255 e. The summed E-state index contributed by atoms with van der Waals surface area (Å²) in [6, 6.07) is 28.1. The van der Waals surface area contributed by atoms with Crippen LogP contribution in [0, 0.1) is 6.92 Å². The Morgan fingerprint density at radius 3 is 2.12 bits per heavy atom. The van der Waals surface area contributed by atoms with Crippen LogP contribution in [0.1, 0.15) is 41.4 Å². The van der Waals surface area contributed by atoms with Gasteiger partial charge >= 0.3 is 0 Å². The Bertz CT molecular complexity index is 1820. The lowest BCUT2D eigenvalue weighted by atomic mass is 10.1. The van der Waals surface area contributed by atoms with Crippen molar-refractivity contribution in [3.8, 4) is 5.75 Å². The molecule has 1 aromatic heterocycles. The van der Waals surface area contributed by atoms with Crippen LogP contribution in [0.4, 0.5) is 17.1 Å². The van der Waals surface area contributed by atoms with Gasteiger partial charge in [0.2, 0.25) is 9.84 Å². The van der Waals surface area contributed by atoms with Crippen molar-refractivity contribution < 1.29 is 17.9 Å². The monoisotopic (exact) mass is 579 g/mol. The number of carbonyl (C=O) groups excluding carboxylic acids is 1. The molecule has 2 N–H and O–H groups in total. The Balaban J connectivity index is 1.28. The zero-order valence-corrected chi connectivity index (χ0v) is 24.7. The lowest BCUT2D eigenvalue weighted by Gasteiger charge is -2.13. The molecule has 0 aliphatic carbocycles. The summed E-state index contributed by atoms with van der Waals surface area (Å²) in [6.07, 6.45) is 3.22. The molecule has 42 heavy (non-hydrogen) atoms. The van der Waals surface area contributed by atoms with Crippen LogP contribution in [0.15, 0.2) is 107 Å². The Hall–Kier alpha value is -4.69. The Kier molecular flexibility index (Phi) is 8.54. The highest BCUT2D eigenvalue weighted by Gasteiger charge is 2.18. The summed E-state index contributed by atoms with van der Waals surface area (Å²) < 4.78 is 32.1. The number of pyridine rings is 1. The lowest BCUT2D eigenvalue weighted by Crippen LogP contribution is -2.12. The number of hydrogen-bond acceptors (Lipinski definition) is 6.